The summed E-state index contributed by atoms with van der Waals surface area (Å²) in [6.07, 6.45) is 2.55. The van der Waals surface area contributed by atoms with Gasteiger partial charge in [-0.3, -0.25) is 0 Å². The predicted molar refractivity (Wildman–Crippen MR) is 87.7 cm³/mol. The van der Waals surface area contributed by atoms with E-state index in [-0.39, 0.29) is 18.3 Å². The average molecular weight is 310 g/mol. The molecule has 0 aromatic heterocycles. The lowest BCUT2D eigenvalue weighted by Gasteiger charge is -2.34. The highest BCUT2D eigenvalue weighted by atomic mass is 16.8. The summed E-state index contributed by atoms with van der Waals surface area (Å²) in [7, 11) is 0. The minimum atomic E-state index is -0.555. The predicted octanol–water partition coefficient (Wildman–Crippen LogP) is 4.15. The molecule has 0 unspecified atom stereocenters. The van der Waals surface area contributed by atoms with E-state index in [1.54, 1.807) is 0 Å². The van der Waals surface area contributed by atoms with Crippen LogP contribution in [0, 0.1) is 0 Å². The fraction of sp³-hybridized carbons (Fsp3) is 0.400. The minimum absolute atomic E-state index is 0.103. The van der Waals surface area contributed by atoms with Crippen molar-refractivity contribution in [1.82, 2.24) is 0 Å². The molecule has 1 aliphatic carbocycles. The van der Waals surface area contributed by atoms with Gasteiger partial charge >= 0.3 is 0 Å². The van der Waals surface area contributed by atoms with Crippen molar-refractivity contribution < 1.29 is 14.6 Å². The van der Waals surface area contributed by atoms with Gasteiger partial charge in [-0.1, -0.05) is 60.7 Å². The zero-order chi connectivity index (χ0) is 15.7. The lowest BCUT2D eigenvalue weighted by atomic mass is 9.92. The first-order valence-electron chi connectivity index (χ1n) is 8.39. The number of hydrogen-bond donors (Lipinski definition) is 1. The molecule has 3 heteroatoms. The highest BCUT2D eigenvalue weighted by Crippen LogP contribution is 2.51. The summed E-state index contributed by atoms with van der Waals surface area (Å²) >= 11 is 0. The Labute approximate surface area is 136 Å². The summed E-state index contributed by atoms with van der Waals surface area (Å²) in [5.41, 5.74) is 2.29. The fourth-order valence-electron chi connectivity index (χ4n) is 3.66. The standard InChI is InChI=1S/C20H22O3/c21-17-11-13-20(14-12-17)22-18(15-7-3-1-4-8-15)19(23-20)16-9-5-2-6-10-16/h1-10,17-19,21H,11-14H2/t18-,19-/m1/s1. The highest BCUT2D eigenvalue weighted by molar-refractivity contribution is 5.26. The molecule has 2 atom stereocenters. The lowest BCUT2D eigenvalue weighted by molar-refractivity contribution is -0.205. The third kappa shape index (κ3) is 2.92. The van der Waals surface area contributed by atoms with E-state index in [1.165, 1.54) is 0 Å². The molecular weight excluding hydrogens is 288 g/mol. The molecule has 1 spiro atoms. The highest BCUT2D eigenvalue weighted by Gasteiger charge is 2.49. The Morgan fingerprint density at radius 1 is 0.739 bits per heavy atom. The summed E-state index contributed by atoms with van der Waals surface area (Å²) < 4.78 is 12.9. The zero-order valence-electron chi connectivity index (χ0n) is 13.1. The lowest BCUT2D eigenvalue weighted by Crippen LogP contribution is -2.37. The quantitative estimate of drug-likeness (QED) is 0.905. The molecule has 1 saturated carbocycles. The van der Waals surface area contributed by atoms with Crippen molar-refractivity contribution in [3.05, 3.63) is 71.8 Å². The molecule has 3 nitrogen and oxygen atoms in total. The van der Waals surface area contributed by atoms with Gasteiger partial charge in [0.15, 0.2) is 5.79 Å². The zero-order valence-corrected chi connectivity index (χ0v) is 13.1. The van der Waals surface area contributed by atoms with E-state index in [1.807, 2.05) is 36.4 Å². The molecule has 1 saturated heterocycles. The number of ether oxygens (including phenoxy) is 2. The maximum atomic E-state index is 9.81. The summed E-state index contributed by atoms with van der Waals surface area (Å²) in [4.78, 5) is 0. The van der Waals surface area contributed by atoms with Crippen molar-refractivity contribution in [2.45, 2.75) is 49.8 Å². The molecule has 0 bridgehead atoms. The van der Waals surface area contributed by atoms with Crippen LogP contribution in [0.3, 0.4) is 0 Å². The first-order valence-corrected chi connectivity index (χ1v) is 8.39. The van der Waals surface area contributed by atoms with E-state index < -0.39 is 5.79 Å². The molecule has 2 aromatic rings. The van der Waals surface area contributed by atoms with Gasteiger partial charge in [0.05, 0.1) is 6.10 Å². The van der Waals surface area contributed by atoms with Gasteiger partial charge in [0, 0.05) is 12.8 Å². The molecule has 4 rings (SSSR count). The third-order valence-corrected chi connectivity index (χ3v) is 4.93. The number of aliphatic hydroxyl groups is 1. The first kappa shape index (κ1) is 14.9. The van der Waals surface area contributed by atoms with Gasteiger partial charge in [-0.15, -0.1) is 0 Å². The van der Waals surface area contributed by atoms with Crippen molar-refractivity contribution in [1.29, 1.82) is 0 Å². The van der Waals surface area contributed by atoms with Gasteiger partial charge < -0.3 is 14.6 Å². The maximum Gasteiger partial charge on any atom is 0.170 e. The van der Waals surface area contributed by atoms with Crippen LogP contribution in [-0.4, -0.2) is 17.0 Å². The third-order valence-electron chi connectivity index (χ3n) is 4.93. The second kappa shape index (κ2) is 6.08. The Morgan fingerprint density at radius 3 is 1.61 bits per heavy atom. The van der Waals surface area contributed by atoms with Crippen LogP contribution in [0.5, 0.6) is 0 Å². The van der Waals surface area contributed by atoms with Crippen LogP contribution < -0.4 is 0 Å². The second-order valence-corrected chi connectivity index (χ2v) is 6.54. The minimum Gasteiger partial charge on any atom is -0.393 e. The molecule has 2 aromatic carbocycles. The summed E-state index contributed by atoms with van der Waals surface area (Å²) in [5.74, 6) is -0.555. The van der Waals surface area contributed by atoms with Crippen molar-refractivity contribution >= 4 is 0 Å². The molecule has 120 valence electrons. The van der Waals surface area contributed by atoms with Crippen LogP contribution >= 0.6 is 0 Å². The van der Waals surface area contributed by atoms with E-state index in [4.69, 9.17) is 9.47 Å². The maximum absolute atomic E-state index is 9.81. The molecule has 2 fully saturated rings. The van der Waals surface area contributed by atoms with Gasteiger partial charge in [-0.25, -0.2) is 0 Å². The second-order valence-electron chi connectivity index (χ2n) is 6.54. The Hall–Kier alpha value is -1.68. The molecule has 0 amide bonds. The van der Waals surface area contributed by atoms with Gasteiger partial charge in [-0.2, -0.15) is 0 Å². The summed E-state index contributed by atoms with van der Waals surface area (Å²) in [6.45, 7) is 0. The van der Waals surface area contributed by atoms with Gasteiger partial charge in [-0.05, 0) is 24.0 Å². The first-order chi connectivity index (χ1) is 11.3. The van der Waals surface area contributed by atoms with Gasteiger partial charge in [0.25, 0.3) is 0 Å². The molecule has 2 aliphatic rings. The van der Waals surface area contributed by atoms with E-state index in [9.17, 15) is 5.11 Å². The largest absolute Gasteiger partial charge is 0.393 e. The Balaban J connectivity index is 1.67. The van der Waals surface area contributed by atoms with E-state index in [2.05, 4.69) is 24.3 Å². The average Bonchev–Trinajstić information content (AvgIpc) is 2.99. The normalized spacial score (nSPS) is 27.3. The van der Waals surface area contributed by atoms with Crippen LogP contribution in [0.4, 0.5) is 0 Å². The molecule has 1 heterocycles. The van der Waals surface area contributed by atoms with Gasteiger partial charge in [0.2, 0.25) is 0 Å². The van der Waals surface area contributed by atoms with Crippen molar-refractivity contribution in [2.75, 3.05) is 0 Å². The monoisotopic (exact) mass is 310 g/mol. The Bertz CT molecular complexity index is 583. The van der Waals surface area contributed by atoms with Crippen LogP contribution in [0.15, 0.2) is 60.7 Å². The number of rotatable bonds is 2. The molecule has 1 N–H and O–H groups in total. The van der Waals surface area contributed by atoms with E-state index >= 15 is 0 Å². The topological polar surface area (TPSA) is 38.7 Å². The molecule has 0 radical (unpaired) electrons. The molecular formula is C20H22O3. The van der Waals surface area contributed by atoms with E-state index in [0.29, 0.717) is 0 Å². The molecule has 23 heavy (non-hydrogen) atoms. The SMILES string of the molecule is OC1CCC2(CC1)O[C@H](c1ccccc1)[C@@H](c1ccccc1)O2. The molecule has 1 aliphatic heterocycles. The fourth-order valence-corrected chi connectivity index (χ4v) is 3.66. The Kier molecular flexibility index (Phi) is 3.93. The van der Waals surface area contributed by atoms with Crippen molar-refractivity contribution in [3.8, 4) is 0 Å². The van der Waals surface area contributed by atoms with Crippen LogP contribution in [0.1, 0.15) is 49.0 Å². The number of hydrogen-bond acceptors (Lipinski definition) is 3. The smallest absolute Gasteiger partial charge is 0.170 e. The summed E-state index contributed by atoms with van der Waals surface area (Å²) in [6, 6.07) is 20.6. The van der Waals surface area contributed by atoms with E-state index in [0.717, 1.165) is 36.8 Å². The van der Waals surface area contributed by atoms with Gasteiger partial charge in [0.1, 0.15) is 12.2 Å². The number of aliphatic hydroxyl groups excluding tert-OH is 1. The summed E-state index contributed by atoms with van der Waals surface area (Å²) in [5, 5.41) is 9.81. The van der Waals surface area contributed by atoms with Crippen LogP contribution in [0.25, 0.3) is 0 Å². The van der Waals surface area contributed by atoms with Crippen LogP contribution in [0.2, 0.25) is 0 Å². The van der Waals surface area contributed by atoms with Crippen LogP contribution in [-0.2, 0) is 9.47 Å². The van der Waals surface area contributed by atoms with Crippen molar-refractivity contribution in [2.24, 2.45) is 0 Å². The number of benzene rings is 2. The Morgan fingerprint density at radius 2 is 1.17 bits per heavy atom. The van der Waals surface area contributed by atoms with Crippen molar-refractivity contribution in [3.63, 3.8) is 0 Å².